The largest absolute Gasteiger partial charge is 0.481 e. The number of sulfonamides is 1. The van der Waals surface area contributed by atoms with E-state index in [2.05, 4.69) is 4.72 Å². The van der Waals surface area contributed by atoms with Crippen LogP contribution in [-0.2, 0) is 27.8 Å². The SMILES string of the molecule is CCn1cccc(NS(=O)(=O)c2c(C)cc(C)c(CC(=O)O)c2C)c1=O. The molecule has 26 heavy (non-hydrogen) atoms. The minimum absolute atomic E-state index is 0.00523. The highest BCUT2D eigenvalue weighted by molar-refractivity contribution is 7.92. The number of benzene rings is 1. The van der Waals surface area contributed by atoms with E-state index in [0.717, 1.165) is 5.56 Å². The van der Waals surface area contributed by atoms with Gasteiger partial charge in [0.25, 0.3) is 15.6 Å². The number of carboxylic acid groups (broad SMARTS) is 1. The van der Waals surface area contributed by atoms with Gasteiger partial charge in [0.05, 0.1) is 11.3 Å². The van der Waals surface area contributed by atoms with Crippen LogP contribution in [-0.4, -0.2) is 24.1 Å². The predicted molar refractivity (Wildman–Crippen MR) is 99.2 cm³/mol. The van der Waals surface area contributed by atoms with E-state index in [-0.39, 0.29) is 17.0 Å². The first-order chi connectivity index (χ1) is 12.1. The number of aliphatic carboxylic acids is 1. The number of nitrogens with one attached hydrogen (secondary N) is 1. The molecule has 0 aliphatic heterocycles. The third-order valence-corrected chi connectivity index (χ3v) is 5.92. The van der Waals surface area contributed by atoms with Crippen LogP contribution >= 0.6 is 0 Å². The molecule has 1 aromatic heterocycles. The lowest BCUT2D eigenvalue weighted by Crippen LogP contribution is -2.26. The molecule has 2 rings (SSSR count). The van der Waals surface area contributed by atoms with Crippen molar-refractivity contribution in [2.24, 2.45) is 0 Å². The maximum atomic E-state index is 12.9. The molecule has 8 heteroatoms. The van der Waals surface area contributed by atoms with E-state index in [1.807, 2.05) is 0 Å². The Morgan fingerprint density at radius 1 is 1.23 bits per heavy atom. The Bertz CT molecular complexity index is 1020. The smallest absolute Gasteiger partial charge is 0.307 e. The number of anilines is 1. The number of pyridine rings is 1. The van der Waals surface area contributed by atoms with E-state index >= 15 is 0 Å². The number of hydrogen-bond donors (Lipinski definition) is 2. The molecule has 0 spiro atoms. The number of rotatable bonds is 6. The summed E-state index contributed by atoms with van der Waals surface area (Å²) in [7, 11) is -4.05. The predicted octanol–water partition coefficient (Wildman–Crippen LogP) is 2.22. The molecular formula is C18H22N2O5S. The molecule has 1 aromatic carbocycles. The molecule has 0 saturated carbocycles. The molecule has 0 amide bonds. The Morgan fingerprint density at radius 3 is 2.46 bits per heavy atom. The summed E-state index contributed by atoms with van der Waals surface area (Å²) in [5.74, 6) is -1.04. The van der Waals surface area contributed by atoms with Crippen LogP contribution in [0.4, 0.5) is 5.69 Å². The van der Waals surface area contributed by atoms with Crippen molar-refractivity contribution in [2.45, 2.75) is 45.6 Å². The summed E-state index contributed by atoms with van der Waals surface area (Å²) in [4.78, 5) is 23.4. The summed E-state index contributed by atoms with van der Waals surface area (Å²) in [5, 5.41) is 9.10. The fourth-order valence-corrected chi connectivity index (χ4v) is 4.66. The van der Waals surface area contributed by atoms with Crippen LogP contribution in [0.5, 0.6) is 0 Å². The summed E-state index contributed by atoms with van der Waals surface area (Å²) in [5.41, 5.74) is 1.56. The van der Waals surface area contributed by atoms with E-state index in [9.17, 15) is 18.0 Å². The Balaban J connectivity index is 2.60. The van der Waals surface area contributed by atoms with Gasteiger partial charge in [0, 0.05) is 12.7 Å². The quantitative estimate of drug-likeness (QED) is 0.802. The van der Waals surface area contributed by atoms with Gasteiger partial charge in [0.1, 0.15) is 5.69 Å². The minimum atomic E-state index is -4.05. The van der Waals surface area contributed by atoms with Crippen LogP contribution < -0.4 is 10.3 Å². The summed E-state index contributed by atoms with van der Waals surface area (Å²) >= 11 is 0. The molecule has 7 nitrogen and oxygen atoms in total. The highest BCUT2D eigenvalue weighted by atomic mass is 32.2. The third kappa shape index (κ3) is 3.80. The van der Waals surface area contributed by atoms with Gasteiger partial charge in [-0.05, 0) is 62.1 Å². The van der Waals surface area contributed by atoms with Crippen LogP contribution in [0.3, 0.4) is 0 Å². The highest BCUT2D eigenvalue weighted by Gasteiger charge is 2.24. The Morgan fingerprint density at radius 2 is 1.88 bits per heavy atom. The van der Waals surface area contributed by atoms with Crippen molar-refractivity contribution in [2.75, 3.05) is 4.72 Å². The standard InChI is InChI=1S/C18H22N2O5S/c1-5-20-8-6-7-15(18(20)23)19-26(24,25)17-12(3)9-11(2)14(13(17)4)10-16(21)22/h6-9,19H,5,10H2,1-4H3,(H,21,22). The van der Waals surface area contributed by atoms with E-state index in [1.165, 1.54) is 10.6 Å². The van der Waals surface area contributed by atoms with Crippen LogP contribution in [0.2, 0.25) is 0 Å². The van der Waals surface area contributed by atoms with Gasteiger partial charge in [0.2, 0.25) is 0 Å². The number of aromatic nitrogens is 1. The molecule has 1 heterocycles. The van der Waals surface area contributed by atoms with Gasteiger partial charge in [-0.3, -0.25) is 14.3 Å². The van der Waals surface area contributed by atoms with Gasteiger partial charge in [-0.2, -0.15) is 0 Å². The normalized spacial score (nSPS) is 11.4. The van der Waals surface area contributed by atoms with Gasteiger partial charge in [-0.15, -0.1) is 0 Å². The van der Waals surface area contributed by atoms with Crippen LogP contribution in [0.25, 0.3) is 0 Å². The zero-order valence-corrected chi connectivity index (χ0v) is 16.0. The molecule has 0 aliphatic carbocycles. The summed E-state index contributed by atoms with van der Waals surface area (Å²) in [6, 6.07) is 4.64. The molecule has 0 bridgehead atoms. The van der Waals surface area contributed by atoms with Crippen LogP contribution in [0.15, 0.2) is 34.1 Å². The van der Waals surface area contributed by atoms with Crippen LogP contribution in [0.1, 0.15) is 29.2 Å². The molecular weight excluding hydrogens is 356 g/mol. The number of aryl methyl sites for hydroxylation is 3. The first kappa shape index (κ1) is 19.7. The van der Waals surface area contributed by atoms with Crippen molar-refractivity contribution in [1.29, 1.82) is 0 Å². The Labute approximate surface area is 152 Å². The van der Waals surface area contributed by atoms with Crippen molar-refractivity contribution in [3.05, 3.63) is 57.0 Å². The average Bonchev–Trinajstić information content (AvgIpc) is 2.52. The van der Waals surface area contributed by atoms with Gasteiger partial charge in [0.15, 0.2) is 0 Å². The first-order valence-electron chi connectivity index (χ1n) is 8.12. The highest BCUT2D eigenvalue weighted by Crippen LogP contribution is 2.28. The van der Waals surface area contributed by atoms with Crippen molar-refractivity contribution >= 4 is 21.7 Å². The van der Waals surface area contributed by atoms with Crippen molar-refractivity contribution in [3.63, 3.8) is 0 Å². The lowest BCUT2D eigenvalue weighted by molar-refractivity contribution is -0.136. The Hall–Kier alpha value is -2.61. The molecule has 0 aliphatic rings. The lowest BCUT2D eigenvalue weighted by Gasteiger charge is -2.17. The van der Waals surface area contributed by atoms with E-state index in [4.69, 9.17) is 5.11 Å². The summed E-state index contributed by atoms with van der Waals surface area (Å²) < 4.78 is 29.6. The van der Waals surface area contributed by atoms with Gasteiger partial charge >= 0.3 is 5.97 Å². The van der Waals surface area contributed by atoms with E-state index in [0.29, 0.717) is 23.2 Å². The van der Waals surface area contributed by atoms with Crippen molar-refractivity contribution in [3.8, 4) is 0 Å². The van der Waals surface area contributed by atoms with Gasteiger partial charge in [-0.1, -0.05) is 6.07 Å². The van der Waals surface area contributed by atoms with Gasteiger partial charge < -0.3 is 9.67 Å². The van der Waals surface area contributed by atoms with Crippen LogP contribution in [0, 0.1) is 20.8 Å². The molecule has 0 radical (unpaired) electrons. The number of nitrogens with zero attached hydrogens (tertiary/aromatic N) is 1. The zero-order valence-electron chi connectivity index (χ0n) is 15.2. The molecule has 0 atom stereocenters. The molecule has 0 unspecified atom stereocenters. The third-order valence-electron chi connectivity index (χ3n) is 4.26. The lowest BCUT2D eigenvalue weighted by atomic mass is 9.97. The maximum absolute atomic E-state index is 12.9. The molecule has 2 N–H and O–H groups in total. The minimum Gasteiger partial charge on any atom is -0.481 e. The van der Waals surface area contributed by atoms with Gasteiger partial charge in [-0.25, -0.2) is 8.42 Å². The topological polar surface area (TPSA) is 105 Å². The zero-order chi connectivity index (χ0) is 19.6. The Kier molecular flexibility index (Phi) is 5.56. The van der Waals surface area contributed by atoms with E-state index in [1.54, 1.807) is 46.0 Å². The summed E-state index contributed by atoms with van der Waals surface area (Å²) in [6.07, 6.45) is 1.31. The summed E-state index contributed by atoms with van der Waals surface area (Å²) in [6.45, 7) is 7.18. The number of carboxylic acids is 1. The fraction of sp³-hybridized carbons (Fsp3) is 0.333. The second-order valence-corrected chi connectivity index (χ2v) is 7.75. The first-order valence-corrected chi connectivity index (χ1v) is 9.60. The van der Waals surface area contributed by atoms with E-state index < -0.39 is 21.6 Å². The van der Waals surface area contributed by atoms with Crippen molar-refractivity contribution in [1.82, 2.24) is 4.57 Å². The average molecular weight is 378 g/mol. The second kappa shape index (κ2) is 7.33. The maximum Gasteiger partial charge on any atom is 0.307 e. The fourth-order valence-electron chi connectivity index (χ4n) is 3.10. The number of hydrogen-bond acceptors (Lipinski definition) is 4. The number of carbonyl (C=O) groups is 1. The molecule has 0 fully saturated rings. The second-order valence-electron chi connectivity index (χ2n) is 6.13. The molecule has 0 saturated heterocycles. The van der Waals surface area contributed by atoms with Crippen molar-refractivity contribution < 1.29 is 18.3 Å². The molecule has 2 aromatic rings. The monoisotopic (exact) mass is 378 g/mol. The molecule has 140 valence electrons.